The van der Waals surface area contributed by atoms with Gasteiger partial charge in [-0.25, -0.2) is 0 Å². The molecule has 0 aliphatic rings. The Bertz CT molecular complexity index is 764. The van der Waals surface area contributed by atoms with Crippen LogP contribution in [-0.2, 0) is 0 Å². The molecule has 0 bridgehead atoms. The summed E-state index contributed by atoms with van der Waals surface area (Å²) in [7, 11) is 0. The maximum Gasteiger partial charge on any atom is 0.106 e. The normalized spacial score (nSPS) is 12.6. The van der Waals surface area contributed by atoms with Crippen LogP contribution < -0.4 is 0 Å². The van der Waals surface area contributed by atoms with Crippen molar-refractivity contribution in [2.45, 2.75) is 20.0 Å². The van der Waals surface area contributed by atoms with E-state index in [9.17, 15) is 5.11 Å². The monoisotopic (exact) mass is 263 g/mol. The van der Waals surface area contributed by atoms with Crippen molar-refractivity contribution in [3.05, 3.63) is 77.0 Å². The summed E-state index contributed by atoms with van der Waals surface area (Å²) in [5, 5.41) is 11.6. The van der Waals surface area contributed by atoms with E-state index in [1.807, 2.05) is 48.5 Å². The summed E-state index contributed by atoms with van der Waals surface area (Å²) >= 11 is 0. The number of pyridine rings is 1. The molecule has 0 radical (unpaired) electrons. The highest BCUT2D eigenvalue weighted by atomic mass is 16.3. The topological polar surface area (TPSA) is 33.1 Å². The van der Waals surface area contributed by atoms with Gasteiger partial charge >= 0.3 is 0 Å². The van der Waals surface area contributed by atoms with Crippen LogP contribution in [0.4, 0.5) is 0 Å². The minimum absolute atomic E-state index is 0.633. The molecule has 0 amide bonds. The molecular weight excluding hydrogens is 246 g/mol. The predicted octanol–water partition coefficient (Wildman–Crippen LogP) is 3.93. The van der Waals surface area contributed by atoms with Crippen molar-refractivity contribution in [1.82, 2.24) is 4.98 Å². The number of hydrogen-bond acceptors (Lipinski definition) is 2. The quantitative estimate of drug-likeness (QED) is 0.760. The number of aryl methyl sites for hydroxylation is 2. The third-order valence-electron chi connectivity index (χ3n) is 3.77. The van der Waals surface area contributed by atoms with E-state index in [4.69, 9.17) is 0 Å². The second kappa shape index (κ2) is 5.06. The summed E-state index contributed by atoms with van der Waals surface area (Å²) < 4.78 is 0. The van der Waals surface area contributed by atoms with E-state index in [2.05, 4.69) is 18.8 Å². The second-order valence-electron chi connectivity index (χ2n) is 5.21. The van der Waals surface area contributed by atoms with Crippen LogP contribution >= 0.6 is 0 Å². The van der Waals surface area contributed by atoms with Crippen LogP contribution in [0, 0.1) is 13.8 Å². The molecule has 3 aromatic rings. The molecular formula is C18H17NO. The summed E-state index contributed by atoms with van der Waals surface area (Å²) in [4.78, 5) is 4.41. The van der Waals surface area contributed by atoms with E-state index in [0.29, 0.717) is 0 Å². The number of fused-ring (bicyclic) bond motifs is 1. The van der Waals surface area contributed by atoms with Crippen molar-refractivity contribution in [1.29, 1.82) is 0 Å². The van der Waals surface area contributed by atoms with Gasteiger partial charge < -0.3 is 5.11 Å². The number of nitrogens with zero attached hydrogens (tertiary/aromatic N) is 1. The van der Waals surface area contributed by atoms with Gasteiger partial charge in [-0.3, -0.25) is 4.98 Å². The highest BCUT2D eigenvalue weighted by molar-refractivity contribution is 5.78. The zero-order valence-electron chi connectivity index (χ0n) is 11.7. The average molecular weight is 263 g/mol. The average Bonchev–Trinajstić information content (AvgIpc) is 2.49. The van der Waals surface area contributed by atoms with Crippen molar-refractivity contribution < 1.29 is 5.11 Å². The lowest BCUT2D eigenvalue weighted by atomic mass is 9.98. The summed E-state index contributed by atoms with van der Waals surface area (Å²) in [6, 6.07) is 16.0. The van der Waals surface area contributed by atoms with Crippen LogP contribution in [-0.4, -0.2) is 10.1 Å². The van der Waals surface area contributed by atoms with Gasteiger partial charge in [-0.2, -0.15) is 0 Å². The van der Waals surface area contributed by atoms with Crippen molar-refractivity contribution in [2.75, 3.05) is 0 Å². The van der Waals surface area contributed by atoms with Gasteiger partial charge in [0.1, 0.15) is 6.10 Å². The van der Waals surface area contributed by atoms with Gasteiger partial charge in [0.05, 0.1) is 5.52 Å². The molecule has 0 saturated carbocycles. The van der Waals surface area contributed by atoms with Gasteiger partial charge in [0.2, 0.25) is 0 Å². The first-order chi connectivity index (χ1) is 9.65. The van der Waals surface area contributed by atoms with Crippen LogP contribution in [0.3, 0.4) is 0 Å². The smallest absolute Gasteiger partial charge is 0.106 e. The Morgan fingerprint density at radius 2 is 1.70 bits per heavy atom. The number of aromatic nitrogens is 1. The lowest BCUT2D eigenvalue weighted by Gasteiger charge is -2.13. The number of para-hydroxylation sites is 1. The molecule has 0 fully saturated rings. The molecule has 2 aromatic carbocycles. The van der Waals surface area contributed by atoms with Crippen molar-refractivity contribution in [2.24, 2.45) is 0 Å². The molecule has 1 heterocycles. The van der Waals surface area contributed by atoms with Crippen LogP contribution in [0.2, 0.25) is 0 Å². The molecule has 1 atom stereocenters. The third kappa shape index (κ3) is 2.30. The van der Waals surface area contributed by atoms with E-state index in [-0.39, 0.29) is 0 Å². The lowest BCUT2D eigenvalue weighted by Crippen LogP contribution is -2.01. The Morgan fingerprint density at radius 1 is 0.900 bits per heavy atom. The fraction of sp³-hybridized carbons (Fsp3) is 0.167. The molecule has 1 unspecified atom stereocenters. The van der Waals surface area contributed by atoms with E-state index >= 15 is 0 Å². The fourth-order valence-corrected chi connectivity index (χ4v) is 2.36. The van der Waals surface area contributed by atoms with E-state index in [1.54, 1.807) is 6.20 Å². The second-order valence-corrected chi connectivity index (χ2v) is 5.21. The summed E-state index contributed by atoms with van der Waals surface area (Å²) in [6.45, 7) is 4.13. The molecule has 1 aromatic heterocycles. The van der Waals surface area contributed by atoms with Crippen LogP contribution in [0.15, 0.2) is 54.7 Å². The Hall–Kier alpha value is -2.19. The number of aliphatic hydroxyl groups excluding tert-OH is 1. The molecule has 0 aliphatic heterocycles. The SMILES string of the molecule is Cc1ccc(C(O)c2cnc3ccccc3c2)cc1C. The highest BCUT2D eigenvalue weighted by Crippen LogP contribution is 2.25. The number of aliphatic hydroxyl groups is 1. The molecule has 1 N–H and O–H groups in total. The zero-order chi connectivity index (χ0) is 14.1. The Morgan fingerprint density at radius 3 is 2.50 bits per heavy atom. The Balaban J connectivity index is 2.02. The van der Waals surface area contributed by atoms with Crippen LogP contribution in [0.1, 0.15) is 28.4 Å². The van der Waals surface area contributed by atoms with Crippen LogP contribution in [0.5, 0.6) is 0 Å². The first-order valence-electron chi connectivity index (χ1n) is 6.75. The molecule has 3 rings (SSSR count). The molecule has 0 saturated heterocycles. The summed E-state index contributed by atoms with van der Waals surface area (Å²) in [5.74, 6) is 0. The van der Waals surface area contributed by atoms with E-state index in [1.165, 1.54) is 11.1 Å². The van der Waals surface area contributed by atoms with Gasteiger partial charge in [0.15, 0.2) is 0 Å². The molecule has 0 aliphatic carbocycles. The first-order valence-corrected chi connectivity index (χ1v) is 6.75. The van der Waals surface area contributed by atoms with Gasteiger partial charge in [0.25, 0.3) is 0 Å². The molecule has 0 spiro atoms. The summed E-state index contributed by atoms with van der Waals surface area (Å²) in [5.41, 5.74) is 5.11. The number of hydrogen-bond donors (Lipinski definition) is 1. The van der Waals surface area contributed by atoms with Gasteiger partial charge in [-0.1, -0.05) is 36.4 Å². The van der Waals surface area contributed by atoms with Crippen molar-refractivity contribution >= 4 is 10.9 Å². The fourth-order valence-electron chi connectivity index (χ4n) is 2.36. The largest absolute Gasteiger partial charge is 0.384 e. The van der Waals surface area contributed by atoms with Crippen molar-refractivity contribution in [3.63, 3.8) is 0 Å². The van der Waals surface area contributed by atoms with Gasteiger partial charge in [-0.05, 0) is 42.7 Å². The Labute approximate surface area is 118 Å². The van der Waals surface area contributed by atoms with E-state index in [0.717, 1.165) is 22.0 Å². The third-order valence-corrected chi connectivity index (χ3v) is 3.77. The zero-order valence-corrected chi connectivity index (χ0v) is 11.7. The molecule has 100 valence electrons. The van der Waals surface area contributed by atoms with Gasteiger partial charge in [0, 0.05) is 17.1 Å². The van der Waals surface area contributed by atoms with E-state index < -0.39 is 6.10 Å². The standard InChI is InChI=1S/C18H17NO/c1-12-7-8-15(9-13(12)2)18(20)16-10-14-5-3-4-6-17(14)19-11-16/h3-11,18,20H,1-2H3. The van der Waals surface area contributed by atoms with Crippen LogP contribution in [0.25, 0.3) is 10.9 Å². The summed E-state index contributed by atoms with van der Waals surface area (Å²) in [6.07, 6.45) is 1.12. The molecule has 20 heavy (non-hydrogen) atoms. The lowest BCUT2D eigenvalue weighted by molar-refractivity contribution is 0.220. The number of benzene rings is 2. The maximum atomic E-state index is 10.5. The molecule has 2 nitrogen and oxygen atoms in total. The first kappa shape index (κ1) is 12.8. The minimum Gasteiger partial charge on any atom is -0.384 e. The predicted molar refractivity (Wildman–Crippen MR) is 81.7 cm³/mol. The highest BCUT2D eigenvalue weighted by Gasteiger charge is 2.12. The minimum atomic E-state index is -0.633. The van der Waals surface area contributed by atoms with Crippen molar-refractivity contribution in [3.8, 4) is 0 Å². The Kier molecular flexibility index (Phi) is 3.25. The number of rotatable bonds is 2. The maximum absolute atomic E-state index is 10.5. The molecule has 2 heteroatoms. The van der Waals surface area contributed by atoms with Gasteiger partial charge in [-0.15, -0.1) is 0 Å².